The van der Waals surface area contributed by atoms with Crippen LogP contribution in [0.25, 0.3) is 0 Å². The van der Waals surface area contributed by atoms with Crippen molar-refractivity contribution in [3.8, 4) is 0 Å². The summed E-state index contributed by atoms with van der Waals surface area (Å²) in [6, 6.07) is 0. The summed E-state index contributed by atoms with van der Waals surface area (Å²) in [6.45, 7) is 4.17. The summed E-state index contributed by atoms with van der Waals surface area (Å²) in [4.78, 5) is 0. The molecule has 18 heavy (non-hydrogen) atoms. The number of hydrogen-bond donors (Lipinski definition) is 1. The van der Waals surface area contributed by atoms with Gasteiger partial charge in [0, 0.05) is 33.3 Å². The summed E-state index contributed by atoms with van der Waals surface area (Å²) in [6.07, 6.45) is 4.33. The summed E-state index contributed by atoms with van der Waals surface area (Å²) in [7, 11) is -1.62. The minimum atomic E-state index is -3.27. The fourth-order valence-electron chi connectivity index (χ4n) is 2.15. The van der Waals surface area contributed by atoms with Crippen LogP contribution in [-0.4, -0.2) is 55.4 Å². The Morgan fingerprint density at radius 2 is 1.83 bits per heavy atom. The monoisotopic (exact) mass is 278 g/mol. The van der Waals surface area contributed by atoms with Gasteiger partial charge in [0.1, 0.15) is 0 Å². The summed E-state index contributed by atoms with van der Waals surface area (Å²) in [5.74, 6) is 0.631. The highest BCUT2D eigenvalue weighted by Crippen LogP contribution is 2.20. The summed E-state index contributed by atoms with van der Waals surface area (Å²) >= 11 is 0. The van der Waals surface area contributed by atoms with Crippen molar-refractivity contribution in [1.82, 2.24) is 8.61 Å². The van der Waals surface area contributed by atoms with Gasteiger partial charge in [-0.3, -0.25) is 0 Å². The van der Waals surface area contributed by atoms with Crippen LogP contribution >= 0.6 is 0 Å². The number of aliphatic hydroxyl groups is 1. The van der Waals surface area contributed by atoms with Gasteiger partial charge < -0.3 is 5.11 Å². The van der Waals surface area contributed by atoms with Gasteiger partial charge in [-0.15, -0.1) is 0 Å². The van der Waals surface area contributed by atoms with Crippen LogP contribution in [0.1, 0.15) is 39.0 Å². The molecular formula is C12H26N2O3S. The number of aliphatic hydroxyl groups excluding tert-OH is 1. The number of hydrogen-bond acceptors (Lipinski definition) is 3. The molecule has 1 aliphatic rings. The van der Waals surface area contributed by atoms with Crippen LogP contribution in [0.2, 0.25) is 0 Å². The van der Waals surface area contributed by atoms with Gasteiger partial charge in [0.25, 0.3) is 10.2 Å². The van der Waals surface area contributed by atoms with E-state index >= 15 is 0 Å². The third kappa shape index (κ3) is 4.50. The normalized spacial score (nSPS) is 19.6. The van der Waals surface area contributed by atoms with Gasteiger partial charge in [-0.25, -0.2) is 0 Å². The molecule has 1 fully saturated rings. The first kappa shape index (κ1) is 15.9. The van der Waals surface area contributed by atoms with Crippen molar-refractivity contribution in [2.75, 3.05) is 33.3 Å². The van der Waals surface area contributed by atoms with E-state index in [9.17, 15) is 8.42 Å². The zero-order valence-corrected chi connectivity index (χ0v) is 12.3. The van der Waals surface area contributed by atoms with Crippen LogP contribution in [-0.2, 0) is 10.2 Å². The van der Waals surface area contributed by atoms with Gasteiger partial charge in [-0.2, -0.15) is 17.0 Å². The maximum atomic E-state index is 12.3. The minimum Gasteiger partial charge on any atom is -0.396 e. The van der Waals surface area contributed by atoms with E-state index in [0.717, 1.165) is 32.1 Å². The van der Waals surface area contributed by atoms with E-state index < -0.39 is 10.2 Å². The van der Waals surface area contributed by atoms with Crippen LogP contribution in [0.15, 0.2) is 0 Å². The van der Waals surface area contributed by atoms with E-state index in [4.69, 9.17) is 5.11 Å². The van der Waals surface area contributed by atoms with Gasteiger partial charge in [0.2, 0.25) is 0 Å². The number of nitrogens with zero attached hydrogens (tertiary/aromatic N) is 2. The predicted molar refractivity (Wildman–Crippen MR) is 72.5 cm³/mol. The minimum absolute atomic E-state index is 0.181. The maximum Gasteiger partial charge on any atom is 0.281 e. The van der Waals surface area contributed by atoms with E-state index in [0.29, 0.717) is 25.6 Å². The third-order valence-corrected chi connectivity index (χ3v) is 5.58. The Labute approximate surface area is 111 Å². The Morgan fingerprint density at radius 1 is 1.22 bits per heavy atom. The molecule has 1 rings (SSSR count). The standard InChI is InChI=1S/C12H26N2O3S/c1-12-6-9-14(10-7-12)18(16,17)13(2)8-4-3-5-11-15/h12,15H,3-11H2,1-2H3. The van der Waals surface area contributed by atoms with Crippen molar-refractivity contribution in [2.24, 2.45) is 5.92 Å². The average Bonchev–Trinajstić information content (AvgIpc) is 2.35. The van der Waals surface area contributed by atoms with Crippen LogP contribution < -0.4 is 0 Å². The fraction of sp³-hybridized carbons (Fsp3) is 1.00. The average molecular weight is 278 g/mol. The second-order valence-electron chi connectivity index (χ2n) is 5.20. The zero-order valence-electron chi connectivity index (χ0n) is 11.5. The Balaban J connectivity index is 2.41. The molecule has 5 nitrogen and oxygen atoms in total. The molecule has 108 valence electrons. The predicted octanol–water partition coefficient (Wildman–Crippen LogP) is 1.06. The molecule has 0 aromatic heterocycles. The Bertz CT molecular complexity index is 324. The Hall–Kier alpha value is -0.170. The van der Waals surface area contributed by atoms with Gasteiger partial charge >= 0.3 is 0 Å². The summed E-state index contributed by atoms with van der Waals surface area (Å²) in [5.41, 5.74) is 0. The molecule has 1 saturated heterocycles. The molecule has 0 aromatic rings. The van der Waals surface area contributed by atoms with Gasteiger partial charge in [-0.1, -0.05) is 6.92 Å². The number of piperidine rings is 1. The Morgan fingerprint density at radius 3 is 2.39 bits per heavy atom. The molecule has 0 amide bonds. The molecule has 1 N–H and O–H groups in total. The smallest absolute Gasteiger partial charge is 0.281 e. The third-order valence-electron chi connectivity index (χ3n) is 3.59. The molecule has 0 atom stereocenters. The molecule has 0 saturated carbocycles. The first-order valence-corrected chi connectivity index (χ1v) is 8.20. The first-order chi connectivity index (χ1) is 8.48. The number of unbranched alkanes of at least 4 members (excludes halogenated alkanes) is 2. The van der Waals surface area contributed by atoms with E-state index in [-0.39, 0.29) is 6.61 Å². The highest BCUT2D eigenvalue weighted by molar-refractivity contribution is 7.86. The van der Waals surface area contributed by atoms with Crippen LogP contribution in [0.3, 0.4) is 0 Å². The lowest BCUT2D eigenvalue weighted by Crippen LogP contribution is -2.45. The van der Waals surface area contributed by atoms with Gasteiger partial charge in [-0.05, 0) is 38.0 Å². The highest BCUT2D eigenvalue weighted by Gasteiger charge is 2.29. The second-order valence-corrected chi connectivity index (χ2v) is 7.23. The van der Waals surface area contributed by atoms with Crippen molar-refractivity contribution < 1.29 is 13.5 Å². The van der Waals surface area contributed by atoms with E-state index in [2.05, 4.69) is 6.92 Å². The Kier molecular flexibility index (Phi) is 6.55. The van der Waals surface area contributed by atoms with Crippen molar-refractivity contribution in [3.05, 3.63) is 0 Å². The topological polar surface area (TPSA) is 60.9 Å². The fourth-order valence-corrected chi connectivity index (χ4v) is 3.58. The lowest BCUT2D eigenvalue weighted by molar-refractivity contribution is 0.266. The van der Waals surface area contributed by atoms with Gasteiger partial charge in [0.15, 0.2) is 0 Å². The summed E-state index contributed by atoms with van der Waals surface area (Å²) < 4.78 is 27.6. The van der Waals surface area contributed by atoms with Crippen LogP contribution in [0, 0.1) is 5.92 Å². The highest BCUT2D eigenvalue weighted by atomic mass is 32.2. The molecule has 0 unspecified atom stereocenters. The van der Waals surface area contributed by atoms with Crippen molar-refractivity contribution in [3.63, 3.8) is 0 Å². The lowest BCUT2D eigenvalue weighted by Gasteiger charge is -2.32. The molecular weight excluding hydrogens is 252 g/mol. The molecule has 0 aliphatic carbocycles. The second kappa shape index (κ2) is 7.43. The lowest BCUT2D eigenvalue weighted by atomic mass is 10.0. The quantitative estimate of drug-likeness (QED) is 0.708. The van der Waals surface area contributed by atoms with Gasteiger partial charge in [0.05, 0.1) is 0 Å². The summed E-state index contributed by atoms with van der Waals surface area (Å²) in [5, 5.41) is 8.68. The number of rotatable bonds is 7. The van der Waals surface area contributed by atoms with Crippen LogP contribution in [0.5, 0.6) is 0 Å². The zero-order chi connectivity index (χ0) is 13.6. The molecule has 0 aromatic carbocycles. The molecule has 0 radical (unpaired) electrons. The molecule has 1 heterocycles. The molecule has 0 bridgehead atoms. The molecule has 1 aliphatic heterocycles. The van der Waals surface area contributed by atoms with E-state index in [1.807, 2.05) is 0 Å². The largest absolute Gasteiger partial charge is 0.396 e. The molecule has 6 heteroatoms. The maximum absolute atomic E-state index is 12.3. The van der Waals surface area contributed by atoms with E-state index in [1.54, 1.807) is 11.4 Å². The van der Waals surface area contributed by atoms with Crippen molar-refractivity contribution in [1.29, 1.82) is 0 Å². The van der Waals surface area contributed by atoms with Crippen molar-refractivity contribution in [2.45, 2.75) is 39.0 Å². The van der Waals surface area contributed by atoms with E-state index in [1.165, 1.54) is 4.31 Å². The SMILES string of the molecule is CC1CCN(S(=O)(=O)N(C)CCCCCO)CC1. The first-order valence-electron chi connectivity index (χ1n) is 6.80. The molecule has 0 spiro atoms. The van der Waals surface area contributed by atoms with Crippen molar-refractivity contribution >= 4 is 10.2 Å². The van der Waals surface area contributed by atoms with Crippen LogP contribution in [0.4, 0.5) is 0 Å².